The number of hydrogen-bond acceptors (Lipinski definition) is 6. The van der Waals surface area contributed by atoms with E-state index in [0.717, 1.165) is 0 Å². The topological polar surface area (TPSA) is 112 Å². The van der Waals surface area contributed by atoms with Crippen LogP contribution in [-0.4, -0.2) is 51.0 Å². The van der Waals surface area contributed by atoms with Gasteiger partial charge in [-0.1, -0.05) is 0 Å². The van der Waals surface area contributed by atoms with Gasteiger partial charge in [-0.25, -0.2) is 0 Å². The van der Waals surface area contributed by atoms with Crippen molar-refractivity contribution < 1.29 is 55.9 Å². The van der Waals surface area contributed by atoms with E-state index in [1.54, 1.807) is 0 Å². The molecule has 0 aromatic carbocycles. The fourth-order valence-electron chi connectivity index (χ4n) is 0.321. The third-order valence-corrected chi connectivity index (χ3v) is 2.32. The second kappa shape index (κ2) is 20.8. The number of carbonyl (C=O) groups excluding carboxylic acids is 3. The summed E-state index contributed by atoms with van der Waals surface area (Å²) in [5.41, 5.74) is 0. The van der Waals surface area contributed by atoms with Gasteiger partial charge in [-0.05, 0) is 73.6 Å². The molecule has 0 saturated heterocycles. The maximum atomic E-state index is 9.89. The Morgan fingerprint density at radius 2 is 0.667 bits per heavy atom. The first-order valence-electron chi connectivity index (χ1n) is 7.15. The number of aliphatic hydroxyl groups is 3. The Kier molecular flexibility index (Phi) is 27.4. The van der Waals surface area contributed by atoms with Crippen molar-refractivity contribution in [2.45, 2.75) is 59.9 Å². The molecular formula is C17H29O6Zr. The molecule has 3 unspecified atom stereocenters. The SMILES string of the molecule is CC(=O)C(C)O.CC(=O)C(C)O.CC(=O)C(C)O.[CH]1[CH][CH][CH][CH]1.[Zr]. The Bertz CT molecular complexity index is 273. The van der Waals surface area contributed by atoms with Gasteiger partial charge in [0.15, 0.2) is 17.3 Å². The third kappa shape index (κ3) is 33.4. The zero-order valence-electron chi connectivity index (χ0n) is 15.2. The van der Waals surface area contributed by atoms with Gasteiger partial charge in [0.05, 0.1) is 0 Å². The van der Waals surface area contributed by atoms with Gasteiger partial charge >= 0.3 is 0 Å². The van der Waals surface area contributed by atoms with Gasteiger partial charge in [-0.3, -0.25) is 14.4 Å². The molecule has 3 N–H and O–H groups in total. The molecule has 5 radical (unpaired) electrons. The molecule has 7 heteroatoms. The van der Waals surface area contributed by atoms with Crippen LogP contribution in [0.4, 0.5) is 0 Å². The summed E-state index contributed by atoms with van der Waals surface area (Å²) in [5.74, 6) is -0.556. The average Bonchev–Trinajstić information content (AvgIpc) is 2.98. The van der Waals surface area contributed by atoms with E-state index in [1.807, 2.05) is 32.1 Å². The maximum absolute atomic E-state index is 9.89. The van der Waals surface area contributed by atoms with Crippen LogP contribution in [0.25, 0.3) is 0 Å². The standard InChI is InChI=1S/C5H5.3C4H8O2.Zr/c1-2-4-5-3-1;3*1-3(5)4(2)6;/h1-5H;3*3,5H,1-2H3;. The molecule has 0 aromatic rings. The number of carbonyl (C=O) groups is 3. The largest absolute Gasteiger partial charge is 0.386 e. The van der Waals surface area contributed by atoms with E-state index >= 15 is 0 Å². The van der Waals surface area contributed by atoms with Gasteiger partial charge in [0.2, 0.25) is 0 Å². The first kappa shape index (κ1) is 31.5. The summed E-state index contributed by atoms with van der Waals surface area (Å²) in [6.07, 6.45) is 7.64. The number of ketones is 3. The normalized spacial score (nSPS) is 15.4. The van der Waals surface area contributed by atoms with Crippen LogP contribution in [0, 0.1) is 32.1 Å². The van der Waals surface area contributed by atoms with E-state index in [-0.39, 0.29) is 43.6 Å². The monoisotopic (exact) mass is 419 g/mol. The quantitative estimate of drug-likeness (QED) is 0.625. The van der Waals surface area contributed by atoms with Crippen LogP contribution in [0.2, 0.25) is 0 Å². The molecular weight excluding hydrogens is 391 g/mol. The number of Topliss-reactive ketones (excluding diaryl/α,β-unsaturated/α-hetero) is 3. The van der Waals surface area contributed by atoms with E-state index in [2.05, 4.69) is 0 Å². The van der Waals surface area contributed by atoms with E-state index in [0.29, 0.717) is 0 Å². The summed E-state index contributed by atoms with van der Waals surface area (Å²) >= 11 is 0. The van der Waals surface area contributed by atoms with Crippen LogP contribution in [-0.2, 0) is 40.6 Å². The maximum Gasteiger partial charge on any atom is 0.157 e. The van der Waals surface area contributed by atoms with Gasteiger partial charge < -0.3 is 15.3 Å². The molecule has 6 nitrogen and oxygen atoms in total. The van der Waals surface area contributed by atoms with Crippen molar-refractivity contribution in [1.82, 2.24) is 0 Å². The predicted molar refractivity (Wildman–Crippen MR) is 88.6 cm³/mol. The van der Waals surface area contributed by atoms with Gasteiger partial charge in [0, 0.05) is 26.2 Å². The van der Waals surface area contributed by atoms with Crippen molar-refractivity contribution in [2.75, 3.05) is 0 Å². The Balaban J connectivity index is -0.000000110. The van der Waals surface area contributed by atoms with Crippen molar-refractivity contribution in [2.24, 2.45) is 0 Å². The minimum atomic E-state index is -0.787. The molecule has 0 aliphatic heterocycles. The first-order chi connectivity index (χ1) is 10.4. The van der Waals surface area contributed by atoms with Crippen LogP contribution in [0.5, 0.6) is 0 Å². The average molecular weight is 421 g/mol. The Hall–Kier alpha value is -0.227. The van der Waals surface area contributed by atoms with Crippen molar-refractivity contribution in [1.29, 1.82) is 0 Å². The van der Waals surface area contributed by atoms with Crippen LogP contribution in [0.3, 0.4) is 0 Å². The molecule has 0 spiro atoms. The molecule has 0 heterocycles. The molecule has 0 aromatic heterocycles. The minimum absolute atomic E-state index is 0. The Morgan fingerprint density at radius 1 is 0.583 bits per heavy atom. The van der Waals surface area contributed by atoms with Gasteiger partial charge in [-0.15, -0.1) is 0 Å². The van der Waals surface area contributed by atoms with Gasteiger partial charge in [-0.2, -0.15) is 0 Å². The van der Waals surface area contributed by atoms with Crippen molar-refractivity contribution in [3.63, 3.8) is 0 Å². The minimum Gasteiger partial charge on any atom is -0.386 e. The predicted octanol–water partition coefficient (Wildman–Crippen LogP) is 0.888. The molecule has 0 bridgehead atoms. The summed E-state index contributed by atoms with van der Waals surface area (Å²) in [6.45, 7) is 8.40. The van der Waals surface area contributed by atoms with E-state index in [4.69, 9.17) is 15.3 Å². The first-order valence-corrected chi connectivity index (χ1v) is 7.15. The van der Waals surface area contributed by atoms with Crippen LogP contribution in [0.15, 0.2) is 0 Å². The molecule has 1 saturated carbocycles. The van der Waals surface area contributed by atoms with Crippen molar-refractivity contribution >= 4 is 17.3 Å². The van der Waals surface area contributed by atoms with Crippen molar-refractivity contribution in [3.05, 3.63) is 32.1 Å². The number of aliphatic hydroxyl groups excluding tert-OH is 3. The van der Waals surface area contributed by atoms with Crippen molar-refractivity contribution in [3.8, 4) is 0 Å². The summed E-state index contributed by atoms with van der Waals surface area (Å²) in [7, 11) is 0. The third-order valence-electron chi connectivity index (χ3n) is 2.32. The molecule has 1 rings (SSSR count). The second-order valence-electron chi connectivity index (χ2n) is 4.82. The number of hydrogen-bond donors (Lipinski definition) is 3. The van der Waals surface area contributed by atoms with E-state index < -0.39 is 18.3 Å². The van der Waals surface area contributed by atoms with Gasteiger partial charge in [0.25, 0.3) is 0 Å². The van der Waals surface area contributed by atoms with E-state index in [9.17, 15) is 14.4 Å². The fraction of sp³-hybridized carbons (Fsp3) is 0.529. The number of rotatable bonds is 3. The molecule has 3 atom stereocenters. The Morgan fingerprint density at radius 3 is 0.708 bits per heavy atom. The summed E-state index contributed by atoms with van der Waals surface area (Å²) in [5, 5.41) is 24.8. The molecule has 1 aliphatic carbocycles. The molecule has 1 fully saturated rings. The molecule has 1 aliphatic rings. The van der Waals surface area contributed by atoms with Crippen LogP contribution < -0.4 is 0 Å². The van der Waals surface area contributed by atoms with Gasteiger partial charge in [0.1, 0.15) is 18.3 Å². The summed E-state index contributed by atoms with van der Waals surface area (Å²) in [6, 6.07) is 0. The Labute approximate surface area is 165 Å². The molecule has 24 heavy (non-hydrogen) atoms. The van der Waals surface area contributed by atoms with Crippen LogP contribution >= 0.6 is 0 Å². The molecule has 0 amide bonds. The summed E-state index contributed by atoms with van der Waals surface area (Å²) in [4.78, 5) is 29.7. The van der Waals surface area contributed by atoms with Crippen LogP contribution in [0.1, 0.15) is 41.5 Å². The zero-order valence-corrected chi connectivity index (χ0v) is 17.6. The zero-order chi connectivity index (χ0) is 19.0. The smallest absolute Gasteiger partial charge is 0.157 e. The fourth-order valence-corrected chi connectivity index (χ4v) is 0.321. The molecule has 137 valence electrons. The summed E-state index contributed by atoms with van der Waals surface area (Å²) < 4.78 is 0. The second-order valence-corrected chi connectivity index (χ2v) is 4.82. The van der Waals surface area contributed by atoms with E-state index in [1.165, 1.54) is 41.5 Å².